The fraction of sp³-hybridized carbons (Fsp3) is 0.533. The number of alkyl halides is 1. The normalized spacial score (nSPS) is 18.4. The molecule has 1 aliphatic heterocycles. The number of nitrogens with zero attached hydrogens (tertiary/aromatic N) is 1. The van der Waals surface area contributed by atoms with Crippen molar-refractivity contribution in [1.29, 1.82) is 0 Å². The molecule has 0 bridgehead atoms. The second-order valence-electron chi connectivity index (χ2n) is 5.22. The van der Waals surface area contributed by atoms with Crippen LogP contribution in [0.4, 0.5) is 0 Å². The molecule has 0 N–H and O–H groups in total. The fourth-order valence-corrected chi connectivity index (χ4v) is 3.27. The molecule has 1 aromatic carbocycles. The number of amides is 1. The fourth-order valence-electron chi connectivity index (χ4n) is 2.57. The number of carbonyl (C=O) groups excluding carboxylic acids is 1. The second kappa shape index (κ2) is 6.27. The number of hydrogen-bond acceptors (Lipinski definition) is 1. The third kappa shape index (κ3) is 3.32. The van der Waals surface area contributed by atoms with E-state index < -0.39 is 0 Å². The third-order valence-corrected chi connectivity index (χ3v) is 5.13. The number of benzene rings is 1. The Labute approximate surface area is 128 Å². The molecule has 1 atom stereocenters. The predicted molar refractivity (Wildman–Crippen MR) is 83.2 cm³/mol. The van der Waals surface area contributed by atoms with Crippen LogP contribution in [0.1, 0.15) is 35.7 Å². The lowest BCUT2D eigenvalue weighted by Gasteiger charge is -2.33. The Balaban J connectivity index is 2.07. The van der Waals surface area contributed by atoms with Crippen molar-refractivity contribution in [1.82, 2.24) is 4.90 Å². The standard InChI is InChI=1S/C15H19BrClNO/c1-10-13(4-3-5-14(10)17)15(19)18-8-6-12(7-9-18)11(2)16/h3-5,11-12H,6-9H2,1-2H3. The Morgan fingerprint density at radius 3 is 2.63 bits per heavy atom. The summed E-state index contributed by atoms with van der Waals surface area (Å²) in [7, 11) is 0. The van der Waals surface area contributed by atoms with Gasteiger partial charge >= 0.3 is 0 Å². The summed E-state index contributed by atoms with van der Waals surface area (Å²) in [6, 6.07) is 5.53. The molecule has 1 heterocycles. The van der Waals surface area contributed by atoms with E-state index in [-0.39, 0.29) is 5.91 Å². The molecule has 1 saturated heterocycles. The van der Waals surface area contributed by atoms with Crippen LogP contribution >= 0.6 is 27.5 Å². The van der Waals surface area contributed by atoms with Gasteiger partial charge in [0.2, 0.25) is 0 Å². The first-order valence-electron chi connectivity index (χ1n) is 6.69. The molecular weight excluding hydrogens is 326 g/mol. The molecule has 0 aliphatic carbocycles. The molecule has 1 amide bonds. The largest absolute Gasteiger partial charge is 0.339 e. The van der Waals surface area contributed by atoms with E-state index in [1.165, 1.54) is 0 Å². The number of likely N-dealkylation sites (tertiary alicyclic amines) is 1. The van der Waals surface area contributed by atoms with Crippen molar-refractivity contribution in [2.75, 3.05) is 13.1 Å². The van der Waals surface area contributed by atoms with Crippen LogP contribution < -0.4 is 0 Å². The highest BCUT2D eigenvalue weighted by atomic mass is 79.9. The molecule has 0 radical (unpaired) electrons. The van der Waals surface area contributed by atoms with Gasteiger partial charge in [-0.2, -0.15) is 0 Å². The average Bonchev–Trinajstić information content (AvgIpc) is 2.41. The summed E-state index contributed by atoms with van der Waals surface area (Å²) in [5.41, 5.74) is 1.61. The number of piperidine rings is 1. The highest BCUT2D eigenvalue weighted by molar-refractivity contribution is 9.09. The van der Waals surface area contributed by atoms with Gasteiger partial charge in [0.1, 0.15) is 0 Å². The van der Waals surface area contributed by atoms with Crippen molar-refractivity contribution in [2.24, 2.45) is 5.92 Å². The SMILES string of the molecule is Cc1c(Cl)cccc1C(=O)N1CCC(C(C)Br)CC1. The van der Waals surface area contributed by atoms with Crippen LogP contribution in [0.2, 0.25) is 5.02 Å². The molecule has 4 heteroatoms. The van der Waals surface area contributed by atoms with Gasteiger partial charge in [-0.05, 0) is 43.4 Å². The molecule has 0 saturated carbocycles. The van der Waals surface area contributed by atoms with Crippen molar-refractivity contribution in [3.63, 3.8) is 0 Å². The zero-order valence-electron chi connectivity index (χ0n) is 11.3. The zero-order valence-corrected chi connectivity index (χ0v) is 13.7. The molecule has 1 aromatic rings. The van der Waals surface area contributed by atoms with Crippen molar-refractivity contribution in [3.05, 3.63) is 34.3 Å². The maximum atomic E-state index is 12.5. The lowest BCUT2D eigenvalue weighted by atomic mass is 9.93. The van der Waals surface area contributed by atoms with E-state index in [1.807, 2.05) is 30.0 Å². The first-order valence-corrected chi connectivity index (χ1v) is 7.98. The van der Waals surface area contributed by atoms with E-state index in [9.17, 15) is 4.79 Å². The van der Waals surface area contributed by atoms with Gasteiger partial charge in [0.15, 0.2) is 0 Å². The molecule has 0 aromatic heterocycles. The second-order valence-corrected chi connectivity index (χ2v) is 7.07. The lowest BCUT2D eigenvalue weighted by molar-refractivity contribution is 0.0691. The minimum atomic E-state index is 0.112. The van der Waals surface area contributed by atoms with Crippen LogP contribution in [-0.4, -0.2) is 28.7 Å². The van der Waals surface area contributed by atoms with Gasteiger partial charge in [0.05, 0.1) is 0 Å². The van der Waals surface area contributed by atoms with Crippen molar-refractivity contribution >= 4 is 33.4 Å². The van der Waals surface area contributed by atoms with E-state index >= 15 is 0 Å². The van der Waals surface area contributed by atoms with Gasteiger partial charge in [-0.1, -0.05) is 40.5 Å². The molecule has 1 fully saturated rings. The van der Waals surface area contributed by atoms with Crippen molar-refractivity contribution < 1.29 is 4.79 Å². The van der Waals surface area contributed by atoms with Crippen LogP contribution in [0.3, 0.4) is 0 Å². The van der Waals surface area contributed by atoms with Gasteiger partial charge in [0, 0.05) is 28.5 Å². The smallest absolute Gasteiger partial charge is 0.254 e. The monoisotopic (exact) mass is 343 g/mol. The first kappa shape index (κ1) is 14.9. The minimum absolute atomic E-state index is 0.112. The Kier molecular flexibility index (Phi) is 4.91. The lowest BCUT2D eigenvalue weighted by Crippen LogP contribution is -2.40. The Hall–Kier alpha value is -0.540. The van der Waals surface area contributed by atoms with E-state index in [2.05, 4.69) is 22.9 Å². The first-order chi connectivity index (χ1) is 9.00. The number of carbonyl (C=O) groups is 1. The summed E-state index contributed by atoms with van der Waals surface area (Å²) in [4.78, 5) is 15.0. The van der Waals surface area contributed by atoms with Crippen LogP contribution in [-0.2, 0) is 0 Å². The van der Waals surface area contributed by atoms with Crippen LogP contribution in [0, 0.1) is 12.8 Å². The van der Waals surface area contributed by atoms with Crippen molar-refractivity contribution in [3.8, 4) is 0 Å². The predicted octanol–water partition coefficient (Wildman–Crippen LogP) is 4.28. The van der Waals surface area contributed by atoms with E-state index in [4.69, 9.17) is 11.6 Å². The van der Waals surface area contributed by atoms with E-state index in [0.717, 1.165) is 37.1 Å². The molecule has 104 valence electrons. The maximum absolute atomic E-state index is 12.5. The van der Waals surface area contributed by atoms with Gasteiger partial charge in [-0.3, -0.25) is 4.79 Å². The highest BCUT2D eigenvalue weighted by Gasteiger charge is 2.26. The number of hydrogen-bond donors (Lipinski definition) is 0. The maximum Gasteiger partial charge on any atom is 0.254 e. The van der Waals surface area contributed by atoms with E-state index in [0.29, 0.717) is 15.8 Å². The van der Waals surface area contributed by atoms with Gasteiger partial charge in [0.25, 0.3) is 5.91 Å². The topological polar surface area (TPSA) is 20.3 Å². The number of rotatable bonds is 2. The van der Waals surface area contributed by atoms with Gasteiger partial charge < -0.3 is 4.90 Å². The third-order valence-electron chi connectivity index (χ3n) is 3.97. The summed E-state index contributed by atoms with van der Waals surface area (Å²) < 4.78 is 0. The number of halogens is 2. The zero-order chi connectivity index (χ0) is 14.0. The van der Waals surface area contributed by atoms with Gasteiger partial charge in [-0.25, -0.2) is 0 Å². The highest BCUT2D eigenvalue weighted by Crippen LogP contribution is 2.27. The van der Waals surface area contributed by atoms with Crippen molar-refractivity contribution in [2.45, 2.75) is 31.5 Å². The average molecular weight is 345 g/mol. The molecule has 19 heavy (non-hydrogen) atoms. The van der Waals surface area contributed by atoms with E-state index in [1.54, 1.807) is 0 Å². The summed E-state index contributed by atoms with van der Waals surface area (Å²) >= 11 is 9.72. The molecular formula is C15H19BrClNO. The summed E-state index contributed by atoms with van der Waals surface area (Å²) in [6.45, 7) is 5.77. The molecule has 1 aliphatic rings. The van der Waals surface area contributed by atoms with Crippen LogP contribution in [0.25, 0.3) is 0 Å². The molecule has 2 rings (SSSR count). The summed E-state index contributed by atoms with van der Waals surface area (Å²) in [5, 5.41) is 0.662. The minimum Gasteiger partial charge on any atom is -0.339 e. The Bertz CT molecular complexity index is 467. The molecule has 0 spiro atoms. The Morgan fingerprint density at radius 1 is 1.42 bits per heavy atom. The molecule has 1 unspecified atom stereocenters. The van der Waals surface area contributed by atoms with Crippen LogP contribution in [0.5, 0.6) is 0 Å². The summed E-state index contributed by atoms with van der Waals surface area (Å²) in [6.07, 6.45) is 2.13. The molecule has 2 nitrogen and oxygen atoms in total. The van der Waals surface area contributed by atoms with Gasteiger partial charge in [-0.15, -0.1) is 0 Å². The quantitative estimate of drug-likeness (QED) is 0.733. The Morgan fingerprint density at radius 2 is 2.05 bits per heavy atom. The summed E-state index contributed by atoms with van der Waals surface area (Å²) in [5.74, 6) is 0.783. The van der Waals surface area contributed by atoms with Crippen LogP contribution in [0.15, 0.2) is 18.2 Å².